The summed E-state index contributed by atoms with van der Waals surface area (Å²) in [5, 5.41) is 10.2. The summed E-state index contributed by atoms with van der Waals surface area (Å²) in [7, 11) is 0. The topological polar surface area (TPSA) is 66.6 Å². The molecule has 0 aromatic heterocycles. The maximum atomic E-state index is 11.1. The highest BCUT2D eigenvalue weighted by Gasteiger charge is 2.16. The van der Waals surface area contributed by atoms with Crippen LogP contribution in [0.5, 0.6) is 0 Å². The zero-order chi connectivity index (χ0) is 14.4. The smallest absolute Gasteiger partial charge is 0.231 e. The van der Waals surface area contributed by atoms with E-state index in [9.17, 15) is 9.90 Å². The Balaban J connectivity index is 2.69. The fraction of sp³-hybridized carbons (Fsp3) is 0.500. The van der Waals surface area contributed by atoms with E-state index >= 15 is 0 Å². The molecule has 1 rings (SSSR count). The molecule has 0 radical (unpaired) electrons. The summed E-state index contributed by atoms with van der Waals surface area (Å²) in [5.74, 6) is 0.0381. The van der Waals surface area contributed by atoms with Crippen LogP contribution in [0.15, 0.2) is 28.7 Å². The number of nitrogens with zero attached hydrogens (tertiary/aromatic N) is 1. The molecule has 0 aliphatic heterocycles. The minimum absolute atomic E-state index is 0.170. The van der Waals surface area contributed by atoms with Crippen molar-refractivity contribution in [2.75, 3.05) is 19.6 Å². The SMILES string of the molecule is CC(C)CN(CC(N)=O)CC(O)c1cccc(Br)c1. The van der Waals surface area contributed by atoms with Crippen molar-refractivity contribution < 1.29 is 9.90 Å². The Morgan fingerprint density at radius 2 is 2.11 bits per heavy atom. The lowest BCUT2D eigenvalue weighted by Gasteiger charge is -2.25. The summed E-state index contributed by atoms with van der Waals surface area (Å²) in [6, 6.07) is 7.53. The molecule has 3 N–H and O–H groups in total. The first-order chi connectivity index (χ1) is 8.88. The van der Waals surface area contributed by atoms with E-state index in [2.05, 4.69) is 29.8 Å². The molecule has 0 saturated heterocycles. The number of carbonyl (C=O) groups is 1. The van der Waals surface area contributed by atoms with Crippen LogP contribution in [0.2, 0.25) is 0 Å². The van der Waals surface area contributed by atoms with E-state index in [1.807, 2.05) is 29.2 Å². The third kappa shape index (κ3) is 6.18. The Bertz CT molecular complexity index is 424. The number of hydrogen-bond acceptors (Lipinski definition) is 3. The number of aliphatic hydroxyl groups is 1. The quantitative estimate of drug-likeness (QED) is 0.803. The lowest BCUT2D eigenvalue weighted by atomic mass is 10.1. The molecule has 1 amide bonds. The highest BCUT2D eigenvalue weighted by atomic mass is 79.9. The molecule has 5 heteroatoms. The van der Waals surface area contributed by atoms with Gasteiger partial charge in [-0.15, -0.1) is 0 Å². The van der Waals surface area contributed by atoms with Crippen molar-refractivity contribution in [1.82, 2.24) is 4.90 Å². The van der Waals surface area contributed by atoms with Crippen LogP contribution < -0.4 is 5.73 Å². The van der Waals surface area contributed by atoms with Crippen molar-refractivity contribution in [3.63, 3.8) is 0 Å². The number of rotatable bonds is 7. The van der Waals surface area contributed by atoms with E-state index in [1.54, 1.807) is 0 Å². The molecular formula is C14H21BrN2O2. The van der Waals surface area contributed by atoms with Gasteiger partial charge in [-0.1, -0.05) is 41.9 Å². The molecule has 1 atom stereocenters. The third-order valence-electron chi connectivity index (χ3n) is 2.67. The number of benzene rings is 1. The van der Waals surface area contributed by atoms with Crippen molar-refractivity contribution in [2.24, 2.45) is 11.7 Å². The Morgan fingerprint density at radius 1 is 1.42 bits per heavy atom. The van der Waals surface area contributed by atoms with Crippen molar-refractivity contribution in [1.29, 1.82) is 0 Å². The zero-order valence-electron chi connectivity index (χ0n) is 11.3. The summed E-state index contributed by atoms with van der Waals surface area (Å²) < 4.78 is 0.925. The van der Waals surface area contributed by atoms with Crippen LogP contribution in [0.3, 0.4) is 0 Å². The molecule has 1 aromatic carbocycles. The van der Waals surface area contributed by atoms with Crippen LogP contribution in [0.1, 0.15) is 25.5 Å². The van der Waals surface area contributed by atoms with Gasteiger partial charge in [-0.2, -0.15) is 0 Å². The fourth-order valence-corrected chi connectivity index (χ4v) is 2.42. The molecule has 4 nitrogen and oxygen atoms in total. The molecule has 106 valence electrons. The van der Waals surface area contributed by atoms with Gasteiger partial charge in [0.1, 0.15) is 0 Å². The highest BCUT2D eigenvalue weighted by Crippen LogP contribution is 2.19. The Hall–Kier alpha value is -0.910. The standard InChI is InChI=1S/C14H21BrN2O2/c1-10(2)7-17(9-14(16)19)8-13(18)11-4-3-5-12(15)6-11/h3-6,10,13,18H,7-9H2,1-2H3,(H2,16,19). The average molecular weight is 329 g/mol. The first kappa shape index (κ1) is 16.1. The molecule has 0 saturated carbocycles. The van der Waals surface area contributed by atoms with Crippen molar-refractivity contribution >= 4 is 21.8 Å². The van der Waals surface area contributed by atoms with E-state index in [0.717, 1.165) is 16.6 Å². The maximum Gasteiger partial charge on any atom is 0.231 e. The first-order valence-electron chi connectivity index (χ1n) is 6.32. The molecule has 0 bridgehead atoms. The number of amides is 1. The molecule has 0 spiro atoms. The van der Waals surface area contributed by atoms with Gasteiger partial charge in [0.25, 0.3) is 0 Å². The van der Waals surface area contributed by atoms with Crippen molar-refractivity contribution in [3.05, 3.63) is 34.3 Å². The van der Waals surface area contributed by atoms with Gasteiger partial charge in [0.15, 0.2) is 0 Å². The summed E-state index contributed by atoms with van der Waals surface area (Å²) >= 11 is 3.38. The Kier molecular flexibility index (Phi) is 6.48. The number of aliphatic hydroxyl groups excluding tert-OH is 1. The van der Waals surface area contributed by atoms with Crippen LogP contribution >= 0.6 is 15.9 Å². The van der Waals surface area contributed by atoms with Crippen LogP contribution in [-0.2, 0) is 4.79 Å². The largest absolute Gasteiger partial charge is 0.387 e. The number of primary amides is 1. The van der Waals surface area contributed by atoms with Gasteiger partial charge < -0.3 is 10.8 Å². The van der Waals surface area contributed by atoms with Gasteiger partial charge in [-0.3, -0.25) is 9.69 Å². The molecule has 0 aliphatic carbocycles. The molecule has 0 fully saturated rings. The third-order valence-corrected chi connectivity index (χ3v) is 3.16. The van der Waals surface area contributed by atoms with Gasteiger partial charge in [0.05, 0.1) is 12.6 Å². The van der Waals surface area contributed by atoms with Crippen molar-refractivity contribution in [2.45, 2.75) is 20.0 Å². The van der Waals surface area contributed by atoms with E-state index in [1.165, 1.54) is 0 Å². The average Bonchev–Trinajstić information content (AvgIpc) is 2.26. The zero-order valence-corrected chi connectivity index (χ0v) is 12.9. The van der Waals surface area contributed by atoms with Crippen LogP contribution in [0.4, 0.5) is 0 Å². The molecular weight excluding hydrogens is 308 g/mol. The second-order valence-electron chi connectivity index (χ2n) is 5.13. The Morgan fingerprint density at radius 3 is 2.63 bits per heavy atom. The van der Waals surface area contributed by atoms with Crippen LogP contribution in [0.25, 0.3) is 0 Å². The molecule has 0 aliphatic rings. The minimum atomic E-state index is -0.629. The number of carbonyl (C=O) groups excluding carboxylic acids is 1. The Labute approximate surface area is 122 Å². The van der Waals surface area contributed by atoms with E-state index in [-0.39, 0.29) is 12.5 Å². The summed E-state index contributed by atoms with van der Waals surface area (Å²) in [6.45, 7) is 5.44. The summed E-state index contributed by atoms with van der Waals surface area (Å²) in [5.41, 5.74) is 6.06. The lowest BCUT2D eigenvalue weighted by molar-refractivity contribution is -0.119. The van der Waals surface area contributed by atoms with E-state index in [4.69, 9.17) is 5.73 Å². The molecule has 1 aromatic rings. The second kappa shape index (κ2) is 7.62. The van der Waals surface area contributed by atoms with Crippen LogP contribution in [0, 0.1) is 5.92 Å². The van der Waals surface area contributed by atoms with Gasteiger partial charge in [-0.05, 0) is 23.6 Å². The van der Waals surface area contributed by atoms with Gasteiger partial charge in [0, 0.05) is 17.6 Å². The fourth-order valence-electron chi connectivity index (χ4n) is 2.00. The number of halogens is 1. The predicted molar refractivity (Wildman–Crippen MR) is 79.6 cm³/mol. The predicted octanol–water partition coefficient (Wildman–Crippen LogP) is 1.93. The van der Waals surface area contributed by atoms with Crippen molar-refractivity contribution in [3.8, 4) is 0 Å². The number of nitrogens with two attached hydrogens (primary N) is 1. The molecule has 1 unspecified atom stereocenters. The van der Waals surface area contributed by atoms with E-state index in [0.29, 0.717) is 12.5 Å². The highest BCUT2D eigenvalue weighted by molar-refractivity contribution is 9.10. The van der Waals surface area contributed by atoms with E-state index < -0.39 is 6.10 Å². The minimum Gasteiger partial charge on any atom is -0.387 e. The summed E-state index contributed by atoms with van der Waals surface area (Å²) in [4.78, 5) is 12.9. The van der Waals surface area contributed by atoms with Gasteiger partial charge in [0.2, 0.25) is 5.91 Å². The first-order valence-corrected chi connectivity index (χ1v) is 7.12. The molecule has 0 heterocycles. The summed E-state index contributed by atoms with van der Waals surface area (Å²) in [6.07, 6.45) is -0.629. The van der Waals surface area contributed by atoms with Crippen LogP contribution in [-0.4, -0.2) is 35.5 Å². The second-order valence-corrected chi connectivity index (χ2v) is 6.04. The van der Waals surface area contributed by atoms with Gasteiger partial charge in [-0.25, -0.2) is 0 Å². The number of hydrogen-bond donors (Lipinski definition) is 2. The monoisotopic (exact) mass is 328 g/mol. The maximum absolute atomic E-state index is 11.1. The lowest BCUT2D eigenvalue weighted by Crippen LogP contribution is -2.38. The normalized spacial score (nSPS) is 12.9. The van der Waals surface area contributed by atoms with Gasteiger partial charge >= 0.3 is 0 Å². The molecule has 19 heavy (non-hydrogen) atoms.